The normalized spacial score (nSPS) is 12.2. The van der Waals surface area contributed by atoms with Crippen LogP contribution in [-0.4, -0.2) is 25.0 Å². The van der Waals surface area contributed by atoms with Crippen molar-refractivity contribution in [1.29, 1.82) is 0 Å². The molecule has 5 nitrogen and oxygen atoms in total. The van der Waals surface area contributed by atoms with Gasteiger partial charge in [-0.25, -0.2) is 19.0 Å². The highest BCUT2D eigenvalue weighted by Crippen LogP contribution is 2.23. The first-order chi connectivity index (χ1) is 9.16. The number of hydrogen-bond donors (Lipinski definition) is 0. The molecule has 0 bridgehead atoms. The van der Waals surface area contributed by atoms with Crippen molar-refractivity contribution in [1.82, 2.24) is 25.0 Å². The predicted molar refractivity (Wildman–Crippen MR) is 78.7 cm³/mol. The summed E-state index contributed by atoms with van der Waals surface area (Å²) in [4.78, 5) is 7.99. The Hall–Kier alpha value is -1.73. The van der Waals surface area contributed by atoms with Crippen molar-refractivity contribution in [2.75, 3.05) is 0 Å². The maximum atomic E-state index is 12.9. The highest BCUT2D eigenvalue weighted by atomic mass is 35.5. The van der Waals surface area contributed by atoms with E-state index in [0.29, 0.717) is 11.2 Å². The van der Waals surface area contributed by atoms with Gasteiger partial charge in [0.1, 0.15) is 12.1 Å². The van der Waals surface area contributed by atoms with Gasteiger partial charge in [-0.3, -0.25) is 0 Å². The smallest absolute Gasteiger partial charge is 0.183 e. The molecule has 0 radical (unpaired) electrons. The van der Waals surface area contributed by atoms with E-state index < -0.39 is 0 Å². The van der Waals surface area contributed by atoms with Crippen LogP contribution in [0.3, 0.4) is 0 Å². The zero-order valence-corrected chi connectivity index (χ0v) is 12.2. The zero-order valence-electron chi connectivity index (χ0n) is 10.5. The third kappa shape index (κ3) is 2.46. The average Bonchev–Trinajstić information content (AvgIpc) is 2.84. The maximum absolute atomic E-state index is 12.9. The number of nitrogens with zero attached hydrogens (tertiary/aromatic N) is 5. The Balaban J connectivity index is 0.00000147. The van der Waals surface area contributed by atoms with Crippen molar-refractivity contribution in [3.05, 3.63) is 47.1 Å². The lowest BCUT2D eigenvalue weighted by molar-refractivity contribution is 0.553. The topological polar surface area (TPSA) is 56.5 Å². The lowest BCUT2D eigenvalue weighted by Crippen LogP contribution is -2.09. The summed E-state index contributed by atoms with van der Waals surface area (Å²) in [6.45, 7) is 1.93. The van der Waals surface area contributed by atoms with Crippen molar-refractivity contribution < 1.29 is 4.39 Å². The summed E-state index contributed by atoms with van der Waals surface area (Å²) in [5.74, 6) is -0.273. The molecule has 3 aromatic rings. The van der Waals surface area contributed by atoms with Crippen molar-refractivity contribution in [2.24, 2.45) is 0 Å². The summed E-state index contributed by atoms with van der Waals surface area (Å²) >= 11 is 5.93. The standard InChI is InChI=1S/C12H9ClFN5.H2S/c1-7(8-2-4-9(14)5-3-8)19-12-10(17-18-19)11(13)15-6-16-12;/h2-7H,1H3;1H2/t7-;/m0./s1. The van der Waals surface area contributed by atoms with Crippen LogP contribution in [0.15, 0.2) is 30.6 Å². The second kappa shape index (κ2) is 5.72. The molecule has 1 aromatic carbocycles. The van der Waals surface area contributed by atoms with E-state index in [-0.39, 0.29) is 30.5 Å². The lowest BCUT2D eigenvalue weighted by Gasteiger charge is -2.12. The van der Waals surface area contributed by atoms with Crippen LogP contribution in [0.1, 0.15) is 18.5 Å². The van der Waals surface area contributed by atoms with Crippen LogP contribution >= 0.6 is 25.1 Å². The lowest BCUT2D eigenvalue weighted by atomic mass is 10.1. The fourth-order valence-corrected chi connectivity index (χ4v) is 2.05. The van der Waals surface area contributed by atoms with Gasteiger partial charge < -0.3 is 0 Å². The average molecular weight is 312 g/mol. The minimum atomic E-state index is -0.273. The first-order valence-corrected chi connectivity index (χ1v) is 6.01. The summed E-state index contributed by atoms with van der Waals surface area (Å²) in [5, 5.41) is 8.27. The van der Waals surface area contributed by atoms with Crippen LogP contribution in [0.5, 0.6) is 0 Å². The van der Waals surface area contributed by atoms with E-state index in [2.05, 4.69) is 20.3 Å². The fraction of sp³-hybridized carbons (Fsp3) is 0.167. The third-order valence-corrected chi connectivity index (χ3v) is 3.21. The van der Waals surface area contributed by atoms with Gasteiger partial charge in [-0.05, 0) is 24.6 Å². The molecule has 0 saturated heterocycles. The summed E-state index contributed by atoms with van der Waals surface area (Å²) in [7, 11) is 0. The van der Waals surface area contributed by atoms with Crippen molar-refractivity contribution in [3.63, 3.8) is 0 Å². The van der Waals surface area contributed by atoms with E-state index in [1.54, 1.807) is 16.8 Å². The van der Waals surface area contributed by atoms with Crippen LogP contribution in [0.2, 0.25) is 5.15 Å². The molecule has 3 rings (SSSR count). The molecule has 0 fully saturated rings. The Morgan fingerprint density at radius 1 is 1.20 bits per heavy atom. The second-order valence-electron chi connectivity index (χ2n) is 4.10. The van der Waals surface area contributed by atoms with E-state index in [9.17, 15) is 4.39 Å². The zero-order chi connectivity index (χ0) is 13.4. The molecule has 8 heteroatoms. The molecule has 0 aliphatic carbocycles. The number of rotatable bonds is 2. The van der Waals surface area contributed by atoms with E-state index in [1.807, 2.05) is 6.92 Å². The Kier molecular flexibility index (Phi) is 4.20. The van der Waals surface area contributed by atoms with Gasteiger partial charge in [0.15, 0.2) is 16.3 Å². The summed E-state index contributed by atoms with van der Waals surface area (Å²) in [6.07, 6.45) is 1.36. The van der Waals surface area contributed by atoms with Gasteiger partial charge in [0.2, 0.25) is 0 Å². The molecule has 0 saturated carbocycles. The maximum Gasteiger partial charge on any atom is 0.183 e. The molecule has 0 unspecified atom stereocenters. The quantitative estimate of drug-likeness (QED) is 0.683. The minimum absolute atomic E-state index is 0. The van der Waals surface area contributed by atoms with Gasteiger partial charge in [-0.1, -0.05) is 28.9 Å². The van der Waals surface area contributed by atoms with Crippen LogP contribution in [0.25, 0.3) is 11.2 Å². The first-order valence-electron chi connectivity index (χ1n) is 5.63. The number of halogens is 2. The first kappa shape index (κ1) is 14.7. The monoisotopic (exact) mass is 311 g/mol. The minimum Gasteiger partial charge on any atom is -0.222 e. The highest BCUT2D eigenvalue weighted by molar-refractivity contribution is 7.59. The molecule has 1 atom stereocenters. The summed E-state index contributed by atoms with van der Waals surface area (Å²) in [6, 6.07) is 6.10. The Morgan fingerprint density at radius 2 is 1.90 bits per heavy atom. The third-order valence-electron chi connectivity index (χ3n) is 2.94. The molecule has 2 heterocycles. The highest BCUT2D eigenvalue weighted by Gasteiger charge is 2.16. The van der Waals surface area contributed by atoms with Gasteiger partial charge in [0, 0.05) is 0 Å². The number of hydrogen-bond acceptors (Lipinski definition) is 4. The second-order valence-corrected chi connectivity index (χ2v) is 4.46. The van der Waals surface area contributed by atoms with Crippen LogP contribution < -0.4 is 0 Å². The fourth-order valence-electron chi connectivity index (χ4n) is 1.88. The molecular weight excluding hydrogens is 301 g/mol. The van der Waals surface area contributed by atoms with Crippen molar-refractivity contribution in [3.8, 4) is 0 Å². The van der Waals surface area contributed by atoms with Crippen molar-refractivity contribution >= 4 is 36.3 Å². The van der Waals surface area contributed by atoms with Gasteiger partial charge >= 0.3 is 0 Å². The SMILES string of the molecule is C[C@@H](c1ccc(F)cc1)n1nnc2c(Cl)ncnc21.S. The van der Waals surface area contributed by atoms with E-state index in [1.165, 1.54) is 18.5 Å². The Labute approximate surface area is 126 Å². The van der Waals surface area contributed by atoms with Gasteiger partial charge in [-0.15, -0.1) is 5.10 Å². The molecule has 0 spiro atoms. The van der Waals surface area contributed by atoms with Gasteiger partial charge in [-0.2, -0.15) is 13.5 Å². The summed E-state index contributed by atoms with van der Waals surface area (Å²) < 4.78 is 14.6. The number of benzene rings is 1. The van der Waals surface area contributed by atoms with Crippen molar-refractivity contribution in [2.45, 2.75) is 13.0 Å². The molecular formula is C12H11ClFN5S. The number of aromatic nitrogens is 5. The van der Waals surface area contributed by atoms with Gasteiger partial charge in [0.25, 0.3) is 0 Å². The predicted octanol–water partition coefficient (Wildman–Crippen LogP) is 2.74. The Bertz CT molecular complexity index is 730. The Morgan fingerprint density at radius 3 is 2.60 bits per heavy atom. The van der Waals surface area contributed by atoms with E-state index in [0.717, 1.165) is 5.56 Å². The molecule has 0 amide bonds. The van der Waals surface area contributed by atoms with E-state index in [4.69, 9.17) is 11.6 Å². The molecule has 20 heavy (non-hydrogen) atoms. The molecule has 2 aromatic heterocycles. The van der Waals surface area contributed by atoms with Crippen LogP contribution in [-0.2, 0) is 0 Å². The largest absolute Gasteiger partial charge is 0.222 e. The molecule has 0 aliphatic rings. The van der Waals surface area contributed by atoms with Crippen LogP contribution in [0.4, 0.5) is 4.39 Å². The van der Waals surface area contributed by atoms with E-state index >= 15 is 0 Å². The van der Waals surface area contributed by atoms with Crippen LogP contribution in [0, 0.1) is 5.82 Å². The van der Waals surface area contributed by atoms with Gasteiger partial charge in [0.05, 0.1) is 6.04 Å². The molecule has 0 N–H and O–H groups in total. The summed E-state index contributed by atoms with van der Waals surface area (Å²) in [5.41, 5.74) is 1.91. The number of fused-ring (bicyclic) bond motifs is 1. The molecule has 0 aliphatic heterocycles. The molecule has 104 valence electrons.